The van der Waals surface area contributed by atoms with E-state index in [4.69, 9.17) is 18.9 Å². The molecule has 124 valence electrons. The Hall–Kier alpha value is -1.70. The van der Waals surface area contributed by atoms with E-state index in [1.807, 2.05) is 10.8 Å². The van der Waals surface area contributed by atoms with Gasteiger partial charge in [0.2, 0.25) is 0 Å². The number of hydrogen-bond donors (Lipinski definition) is 0. The van der Waals surface area contributed by atoms with Crippen molar-refractivity contribution in [3.63, 3.8) is 0 Å². The van der Waals surface area contributed by atoms with E-state index in [0.29, 0.717) is 26.4 Å². The molecule has 0 saturated heterocycles. The maximum atomic E-state index is 5.84. The summed E-state index contributed by atoms with van der Waals surface area (Å²) in [6, 6.07) is 2.22. The first-order valence-electron chi connectivity index (χ1n) is 7.66. The molecule has 0 saturated carbocycles. The van der Waals surface area contributed by atoms with Gasteiger partial charge >= 0.3 is 0 Å². The van der Waals surface area contributed by atoms with Crippen LogP contribution in [-0.2, 0) is 0 Å². The quantitative estimate of drug-likeness (QED) is 0.625. The molecule has 0 radical (unpaired) electrons. The van der Waals surface area contributed by atoms with Crippen LogP contribution in [0.3, 0.4) is 0 Å². The van der Waals surface area contributed by atoms with Crippen molar-refractivity contribution in [2.24, 2.45) is 0 Å². The third-order valence-electron chi connectivity index (χ3n) is 3.95. The molecule has 5 heterocycles. The fourth-order valence-electron chi connectivity index (χ4n) is 2.87. The molecule has 2 aliphatic heterocycles. The molecule has 0 amide bonds. The van der Waals surface area contributed by atoms with Crippen molar-refractivity contribution >= 4 is 34.0 Å². The maximum absolute atomic E-state index is 5.84. The van der Waals surface area contributed by atoms with Crippen LogP contribution in [0.15, 0.2) is 16.8 Å². The standard InChI is InChI=1S/C17H14O4S3/c1-9-6-12(16-13-10(7-22-16)18-2-4-20-13)24-15(9)17-14-11(8-23-17)19-3-5-21-14/h6-8H,2-5H2,1H3. The lowest BCUT2D eigenvalue weighted by atomic mass is 10.2. The minimum absolute atomic E-state index is 0.609. The lowest BCUT2D eigenvalue weighted by Crippen LogP contribution is -2.14. The second kappa shape index (κ2) is 5.68. The fourth-order valence-corrected chi connectivity index (χ4v) is 6.23. The zero-order valence-corrected chi connectivity index (χ0v) is 15.4. The zero-order valence-electron chi connectivity index (χ0n) is 12.9. The Morgan fingerprint density at radius 3 is 2.04 bits per heavy atom. The molecule has 0 fully saturated rings. The highest BCUT2D eigenvalue weighted by molar-refractivity contribution is 7.26. The first kappa shape index (κ1) is 14.6. The van der Waals surface area contributed by atoms with Crippen LogP contribution in [0.1, 0.15) is 5.56 Å². The van der Waals surface area contributed by atoms with Gasteiger partial charge in [0, 0.05) is 15.6 Å². The van der Waals surface area contributed by atoms with E-state index in [0.717, 1.165) is 32.8 Å². The topological polar surface area (TPSA) is 36.9 Å². The molecule has 5 rings (SSSR count). The molecule has 3 aromatic heterocycles. The van der Waals surface area contributed by atoms with E-state index >= 15 is 0 Å². The van der Waals surface area contributed by atoms with Gasteiger partial charge in [-0.2, -0.15) is 0 Å². The van der Waals surface area contributed by atoms with Crippen molar-refractivity contribution < 1.29 is 18.9 Å². The van der Waals surface area contributed by atoms with E-state index in [-0.39, 0.29) is 0 Å². The third kappa shape index (κ3) is 2.22. The van der Waals surface area contributed by atoms with Gasteiger partial charge in [0.05, 0.1) is 14.6 Å². The Bertz CT molecular complexity index is 905. The van der Waals surface area contributed by atoms with Crippen molar-refractivity contribution in [2.45, 2.75) is 6.92 Å². The van der Waals surface area contributed by atoms with Gasteiger partial charge in [-0.15, -0.1) is 34.0 Å². The Kier molecular flexibility index (Phi) is 3.46. The third-order valence-corrected chi connectivity index (χ3v) is 7.41. The molecule has 4 nitrogen and oxygen atoms in total. The highest BCUT2D eigenvalue weighted by Crippen LogP contribution is 2.53. The van der Waals surface area contributed by atoms with Crippen molar-refractivity contribution in [1.29, 1.82) is 0 Å². The number of thiophene rings is 3. The van der Waals surface area contributed by atoms with Gasteiger partial charge in [-0.1, -0.05) is 0 Å². The van der Waals surface area contributed by atoms with Gasteiger partial charge in [0.25, 0.3) is 0 Å². The van der Waals surface area contributed by atoms with E-state index in [2.05, 4.69) is 13.0 Å². The summed E-state index contributed by atoms with van der Waals surface area (Å²) in [4.78, 5) is 4.74. The zero-order chi connectivity index (χ0) is 16.1. The van der Waals surface area contributed by atoms with Crippen molar-refractivity contribution in [3.05, 3.63) is 22.4 Å². The Balaban J connectivity index is 1.58. The van der Waals surface area contributed by atoms with Crippen molar-refractivity contribution in [1.82, 2.24) is 0 Å². The monoisotopic (exact) mass is 378 g/mol. The molecule has 0 unspecified atom stereocenters. The molecule has 0 aliphatic carbocycles. The Morgan fingerprint density at radius 1 is 0.750 bits per heavy atom. The minimum atomic E-state index is 0.609. The summed E-state index contributed by atoms with van der Waals surface area (Å²) in [7, 11) is 0. The van der Waals surface area contributed by atoms with Crippen LogP contribution in [0.4, 0.5) is 0 Å². The average Bonchev–Trinajstić information content (AvgIpc) is 3.30. The molecule has 7 heteroatoms. The molecule has 24 heavy (non-hydrogen) atoms. The number of rotatable bonds is 2. The predicted octanol–water partition coefficient (Wildman–Crippen LogP) is 5.06. The molecule has 0 atom stereocenters. The molecular formula is C17H14O4S3. The highest BCUT2D eigenvalue weighted by Gasteiger charge is 2.25. The van der Waals surface area contributed by atoms with Crippen molar-refractivity contribution in [2.75, 3.05) is 26.4 Å². The summed E-state index contributed by atoms with van der Waals surface area (Å²) in [6.45, 7) is 4.60. The number of ether oxygens (including phenoxy) is 4. The SMILES string of the molecule is Cc1cc(-c2scc3c2OCCO3)sc1-c1scc2c1OCCO2. The number of aryl methyl sites for hydroxylation is 1. The summed E-state index contributed by atoms with van der Waals surface area (Å²) in [5, 5.41) is 4.06. The fraction of sp³-hybridized carbons (Fsp3) is 0.294. The van der Waals surface area contributed by atoms with Crippen LogP contribution in [0.5, 0.6) is 23.0 Å². The molecule has 0 N–H and O–H groups in total. The molecular weight excluding hydrogens is 364 g/mol. The van der Waals surface area contributed by atoms with Crippen LogP contribution >= 0.6 is 34.0 Å². The average molecular weight is 378 g/mol. The van der Waals surface area contributed by atoms with E-state index in [1.165, 1.54) is 15.3 Å². The molecule has 0 bridgehead atoms. The molecule has 3 aromatic rings. The van der Waals surface area contributed by atoms with Crippen molar-refractivity contribution in [3.8, 4) is 42.5 Å². The van der Waals surface area contributed by atoms with Gasteiger partial charge < -0.3 is 18.9 Å². The summed E-state index contributed by atoms with van der Waals surface area (Å²) >= 11 is 5.12. The van der Waals surface area contributed by atoms with Gasteiger partial charge in [-0.3, -0.25) is 0 Å². The predicted molar refractivity (Wildman–Crippen MR) is 97.7 cm³/mol. The molecule has 0 spiro atoms. The Morgan fingerprint density at radius 2 is 1.33 bits per heavy atom. The van der Waals surface area contributed by atoms with Crippen LogP contribution < -0.4 is 18.9 Å². The first-order valence-corrected chi connectivity index (χ1v) is 10.2. The summed E-state index contributed by atoms with van der Waals surface area (Å²) in [5.41, 5.74) is 1.24. The Labute approximate surface area is 151 Å². The highest BCUT2D eigenvalue weighted by atomic mass is 32.1. The minimum Gasteiger partial charge on any atom is -0.485 e. The van der Waals surface area contributed by atoms with E-state index < -0.39 is 0 Å². The lowest BCUT2D eigenvalue weighted by molar-refractivity contribution is 0.174. The molecule has 2 aliphatic rings. The van der Waals surface area contributed by atoms with E-state index in [9.17, 15) is 0 Å². The van der Waals surface area contributed by atoms with E-state index in [1.54, 1.807) is 34.0 Å². The van der Waals surface area contributed by atoms with Gasteiger partial charge in [0.15, 0.2) is 23.0 Å². The maximum Gasteiger partial charge on any atom is 0.180 e. The number of fused-ring (bicyclic) bond motifs is 2. The summed E-state index contributed by atoms with van der Waals surface area (Å²) in [5.74, 6) is 3.49. The van der Waals surface area contributed by atoms with Gasteiger partial charge in [0.1, 0.15) is 26.4 Å². The second-order valence-corrected chi connectivity index (χ2v) is 8.34. The normalized spacial score (nSPS) is 15.5. The summed E-state index contributed by atoms with van der Waals surface area (Å²) in [6.07, 6.45) is 0. The van der Waals surface area contributed by atoms with Crippen LogP contribution in [-0.4, -0.2) is 26.4 Å². The smallest absolute Gasteiger partial charge is 0.180 e. The van der Waals surface area contributed by atoms with Gasteiger partial charge in [-0.25, -0.2) is 0 Å². The summed E-state index contributed by atoms with van der Waals surface area (Å²) < 4.78 is 23.0. The molecule has 0 aromatic carbocycles. The van der Waals surface area contributed by atoms with Gasteiger partial charge in [-0.05, 0) is 18.6 Å². The van der Waals surface area contributed by atoms with Crippen LogP contribution in [0.2, 0.25) is 0 Å². The first-order chi connectivity index (χ1) is 11.8. The lowest BCUT2D eigenvalue weighted by Gasteiger charge is -2.16. The van der Waals surface area contributed by atoms with Crippen LogP contribution in [0.25, 0.3) is 19.5 Å². The number of hydrogen-bond acceptors (Lipinski definition) is 7. The van der Waals surface area contributed by atoms with Crippen LogP contribution in [0, 0.1) is 6.92 Å². The second-order valence-electron chi connectivity index (χ2n) is 5.53. The largest absolute Gasteiger partial charge is 0.485 e.